The van der Waals surface area contributed by atoms with Gasteiger partial charge in [0.2, 0.25) is 5.88 Å². The summed E-state index contributed by atoms with van der Waals surface area (Å²) in [6.07, 6.45) is 10.8. The average molecular weight is 825 g/mol. The third-order valence-electron chi connectivity index (χ3n) is 11.6. The van der Waals surface area contributed by atoms with Gasteiger partial charge in [0.05, 0.1) is 37.4 Å². The summed E-state index contributed by atoms with van der Waals surface area (Å²) in [5, 5.41) is 30.6. The number of nitrogens with zero attached hydrogens (tertiary/aromatic N) is 7. The van der Waals surface area contributed by atoms with Crippen LogP contribution in [0.1, 0.15) is 64.9 Å². The first-order chi connectivity index (χ1) is 28.8. The van der Waals surface area contributed by atoms with Crippen molar-refractivity contribution in [2.24, 2.45) is 5.41 Å². The highest BCUT2D eigenvalue weighted by Gasteiger charge is 2.45. The number of phenolic OH excluding ortho intramolecular Hbond substituents is 1. The van der Waals surface area contributed by atoms with Crippen LogP contribution in [-0.2, 0) is 4.79 Å². The normalized spacial score (nSPS) is 19.1. The van der Waals surface area contributed by atoms with Crippen molar-refractivity contribution in [3.8, 4) is 47.3 Å². The lowest BCUT2D eigenvalue weighted by molar-refractivity contribution is -0.122. The Balaban J connectivity index is 0.00000195. The summed E-state index contributed by atoms with van der Waals surface area (Å²) < 4.78 is 44.8. The number of fused-ring (bicyclic) bond motifs is 2. The zero-order chi connectivity index (χ0) is 43.3. The summed E-state index contributed by atoms with van der Waals surface area (Å²) in [4.78, 5) is 42.4. The van der Waals surface area contributed by atoms with Gasteiger partial charge in [-0.1, -0.05) is 38.0 Å². The molecule has 316 valence electrons. The Labute approximate surface area is 347 Å². The Hall–Kier alpha value is -6.26. The number of nitrogens with one attached hydrogen (secondary N) is 1. The molecule has 2 aliphatic heterocycles. The van der Waals surface area contributed by atoms with Crippen molar-refractivity contribution in [1.29, 1.82) is 5.26 Å². The molecule has 2 saturated heterocycles. The number of amides is 2. The first-order valence-corrected chi connectivity index (χ1v) is 20.0. The van der Waals surface area contributed by atoms with Gasteiger partial charge in [-0.05, 0) is 69.0 Å². The molecule has 3 aliphatic rings. The molecule has 4 aromatic rings. The number of piperazine rings is 1. The van der Waals surface area contributed by atoms with Crippen LogP contribution in [0.25, 0.3) is 32.9 Å². The summed E-state index contributed by atoms with van der Waals surface area (Å²) >= 11 is 0. The van der Waals surface area contributed by atoms with E-state index in [0.29, 0.717) is 43.7 Å². The van der Waals surface area contributed by atoms with Crippen LogP contribution in [0, 0.1) is 40.7 Å². The van der Waals surface area contributed by atoms with Gasteiger partial charge in [0.15, 0.2) is 5.82 Å². The van der Waals surface area contributed by atoms with E-state index < -0.39 is 17.7 Å². The Morgan fingerprint density at radius 2 is 1.80 bits per heavy atom. The van der Waals surface area contributed by atoms with Crippen molar-refractivity contribution in [2.75, 3.05) is 51.3 Å². The maximum absolute atomic E-state index is 17.4. The molecule has 3 N–H and O–H groups in total. The standard InChI is InChI=1S/C43H48F2N8O4.CH2O2/c1-7-28-21-52(22-29(8-2)53(28)42(55)47-26(5)20-46)39-35-38(49-41(50-39)57-24-43(14-15-43)23-51-16-12-25(4)13-17-51)36(45)37(48-40(35)56-6)32-19-30(54)18-27-10-11-33(44)31(9-3)34(27)32;2-1-3/h3,10-11,18-19,26,28-29,54H,4,7-8,12-17,21-24H2,1-2,5-6H3,(H,47,55);1H,(H,2,3). The molecule has 2 amide bonds. The van der Waals surface area contributed by atoms with Crippen molar-refractivity contribution in [3.63, 3.8) is 0 Å². The summed E-state index contributed by atoms with van der Waals surface area (Å²) in [6, 6.07) is 5.81. The van der Waals surface area contributed by atoms with Crippen molar-refractivity contribution in [1.82, 2.24) is 30.1 Å². The number of methoxy groups -OCH3 is 1. The second-order valence-corrected chi connectivity index (χ2v) is 15.7. The molecule has 2 aromatic heterocycles. The van der Waals surface area contributed by atoms with Gasteiger partial charge in [-0.15, -0.1) is 6.42 Å². The number of phenols is 1. The fourth-order valence-corrected chi connectivity index (χ4v) is 8.23. The smallest absolute Gasteiger partial charge is 0.319 e. The Morgan fingerprint density at radius 3 is 2.38 bits per heavy atom. The highest BCUT2D eigenvalue weighted by atomic mass is 19.1. The number of urea groups is 1. The molecule has 4 heterocycles. The van der Waals surface area contributed by atoms with E-state index in [1.165, 1.54) is 36.9 Å². The molecule has 16 heteroatoms. The molecule has 0 bridgehead atoms. The Kier molecular flexibility index (Phi) is 13.2. The second-order valence-electron chi connectivity index (χ2n) is 15.7. The maximum Gasteiger partial charge on any atom is 0.319 e. The number of aromatic nitrogens is 3. The van der Waals surface area contributed by atoms with E-state index in [1.54, 1.807) is 11.8 Å². The van der Waals surface area contributed by atoms with Crippen LogP contribution in [0.5, 0.6) is 17.6 Å². The van der Waals surface area contributed by atoms with Gasteiger partial charge in [0.25, 0.3) is 6.47 Å². The second kappa shape index (κ2) is 18.3. The number of hydrogen-bond acceptors (Lipinski definition) is 11. The number of aromatic hydroxyl groups is 1. The molecule has 7 rings (SSSR count). The number of pyridine rings is 1. The number of ether oxygens (including phenoxy) is 2. The third kappa shape index (κ3) is 8.84. The van der Waals surface area contributed by atoms with Gasteiger partial charge in [0, 0.05) is 49.1 Å². The van der Waals surface area contributed by atoms with Crippen LogP contribution in [0.4, 0.5) is 19.4 Å². The fourth-order valence-electron chi connectivity index (χ4n) is 8.23. The van der Waals surface area contributed by atoms with E-state index in [9.17, 15) is 15.2 Å². The van der Waals surface area contributed by atoms with Crippen LogP contribution in [0.2, 0.25) is 0 Å². The number of rotatable bonds is 11. The van der Waals surface area contributed by atoms with Crippen molar-refractivity contribution in [3.05, 3.63) is 53.6 Å². The molecule has 3 fully saturated rings. The molecular weight excluding hydrogens is 775 g/mol. The quantitative estimate of drug-likeness (QED) is 0.0837. The molecule has 1 aliphatic carbocycles. The molecule has 0 radical (unpaired) electrons. The fraction of sp³-hybridized carbons (Fsp3) is 0.455. The highest BCUT2D eigenvalue weighted by Crippen LogP contribution is 2.48. The predicted octanol–water partition coefficient (Wildman–Crippen LogP) is 6.63. The highest BCUT2D eigenvalue weighted by molar-refractivity contribution is 6.04. The van der Waals surface area contributed by atoms with Crippen LogP contribution >= 0.6 is 0 Å². The number of hydrogen-bond donors (Lipinski definition) is 3. The molecule has 0 spiro atoms. The van der Waals surface area contributed by atoms with Crippen LogP contribution < -0.4 is 19.7 Å². The molecular formula is C44H50F2N8O6. The van der Waals surface area contributed by atoms with Gasteiger partial charge in [-0.25, -0.2) is 18.6 Å². The number of benzene rings is 2. The van der Waals surface area contributed by atoms with Crippen molar-refractivity contribution in [2.45, 2.75) is 77.4 Å². The number of halogens is 2. The summed E-state index contributed by atoms with van der Waals surface area (Å²) in [6.45, 7) is 13.2. The van der Waals surface area contributed by atoms with Gasteiger partial charge >= 0.3 is 12.0 Å². The van der Waals surface area contributed by atoms with E-state index in [-0.39, 0.29) is 80.8 Å². The number of carbonyl (C=O) groups excluding carboxylic acids is 1. The lowest BCUT2D eigenvalue weighted by Gasteiger charge is -2.47. The average Bonchev–Trinajstić information content (AvgIpc) is 4.02. The van der Waals surface area contributed by atoms with Gasteiger partial charge < -0.3 is 39.7 Å². The van der Waals surface area contributed by atoms with Gasteiger partial charge in [-0.3, -0.25) is 4.79 Å². The summed E-state index contributed by atoms with van der Waals surface area (Å²) in [5.41, 5.74) is 0.730. The lowest BCUT2D eigenvalue weighted by Crippen LogP contribution is -2.63. The minimum atomic E-state index is -0.865. The molecule has 60 heavy (non-hydrogen) atoms. The van der Waals surface area contributed by atoms with E-state index in [1.807, 2.05) is 18.7 Å². The summed E-state index contributed by atoms with van der Waals surface area (Å²) in [7, 11) is 1.40. The van der Waals surface area contributed by atoms with E-state index in [0.717, 1.165) is 45.3 Å². The number of carbonyl (C=O) groups is 2. The number of likely N-dealkylation sites (tertiary alicyclic amines) is 1. The number of carboxylic acid groups (broad SMARTS) is 1. The van der Waals surface area contributed by atoms with Crippen molar-refractivity contribution >= 4 is 40.0 Å². The largest absolute Gasteiger partial charge is 0.508 e. The van der Waals surface area contributed by atoms with E-state index in [4.69, 9.17) is 30.8 Å². The van der Waals surface area contributed by atoms with Gasteiger partial charge in [0.1, 0.15) is 40.0 Å². The first-order valence-electron chi connectivity index (χ1n) is 20.0. The lowest BCUT2D eigenvalue weighted by atomic mass is 9.95. The zero-order valence-corrected chi connectivity index (χ0v) is 34.3. The van der Waals surface area contributed by atoms with E-state index in [2.05, 4.69) is 38.8 Å². The molecule has 3 unspecified atom stereocenters. The molecule has 1 saturated carbocycles. The van der Waals surface area contributed by atoms with Crippen molar-refractivity contribution < 1.29 is 38.1 Å². The minimum Gasteiger partial charge on any atom is -0.508 e. The molecule has 14 nitrogen and oxygen atoms in total. The maximum atomic E-state index is 17.4. The first kappa shape index (κ1) is 43.3. The predicted molar refractivity (Wildman–Crippen MR) is 223 cm³/mol. The SMILES string of the molecule is C#Cc1c(F)ccc2cc(O)cc(-c3nc(OC)c4c(N5CC(CC)N(C(=O)NC(C)C#N)C(CC)C5)nc(OCC5(CN6CCC(=C)CC6)CC5)nc4c3F)c12.O=CO. The monoisotopic (exact) mass is 824 g/mol. The van der Waals surface area contributed by atoms with Crippen LogP contribution in [-0.4, -0.2) is 112 Å². The Bertz CT molecular complexity index is 2350. The number of piperidine rings is 1. The minimum absolute atomic E-state index is 0.00688. The topological polar surface area (TPSA) is 177 Å². The molecule has 3 atom stereocenters. The number of terminal acetylenes is 1. The third-order valence-corrected chi connectivity index (χ3v) is 11.6. The van der Waals surface area contributed by atoms with Crippen LogP contribution in [0.3, 0.4) is 0 Å². The Morgan fingerprint density at radius 1 is 1.13 bits per heavy atom. The van der Waals surface area contributed by atoms with E-state index >= 15 is 8.78 Å². The molecule has 2 aromatic carbocycles. The summed E-state index contributed by atoms with van der Waals surface area (Å²) in [5.74, 6) is 0.950. The zero-order valence-electron chi connectivity index (χ0n) is 34.3. The van der Waals surface area contributed by atoms with Crippen LogP contribution in [0.15, 0.2) is 36.4 Å². The van der Waals surface area contributed by atoms with Gasteiger partial charge in [-0.2, -0.15) is 15.2 Å². The number of anilines is 1. The number of nitriles is 1.